The highest BCUT2D eigenvalue weighted by molar-refractivity contribution is 6.30. The van der Waals surface area contributed by atoms with Crippen LogP contribution in [-0.4, -0.2) is 22.4 Å². The number of hydrogen-bond acceptors (Lipinski definition) is 3. The number of aromatic amines is 1. The summed E-state index contributed by atoms with van der Waals surface area (Å²) in [6, 6.07) is 18.9. The van der Waals surface area contributed by atoms with E-state index in [0.717, 1.165) is 11.1 Å². The van der Waals surface area contributed by atoms with Gasteiger partial charge in [-0.05, 0) is 30.2 Å². The van der Waals surface area contributed by atoms with Gasteiger partial charge >= 0.3 is 0 Å². The number of amides is 1. The van der Waals surface area contributed by atoms with Crippen molar-refractivity contribution in [2.75, 3.05) is 6.54 Å². The summed E-state index contributed by atoms with van der Waals surface area (Å²) in [6.07, 6.45) is 0.776. The van der Waals surface area contributed by atoms with Gasteiger partial charge in [0.05, 0.1) is 0 Å². The number of halogens is 1. The van der Waals surface area contributed by atoms with Crippen LogP contribution in [0.15, 0.2) is 65.5 Å². The molecule has 0 radical (unpaired) electrons. The van der Waals surface area contributed by atoms with Crippen molar-refractivity contribution in [3.05, 3.63) is 98.7 Å². The number of carbonyl (C=O) groups excluding carboxylic acids is 1. The Kier molecular flexibility index (Phi) is 6.61. The first-order chi connectivity index (χ1) is 13.5. The topological polar surface area (TPSA) is 74.8 Å². The number of aromatic nitrogens is 2. The molecule has 5 nitrogen and oxygen atoms in total. The van der Waals surface area contributed by atoms with Gasteiger partial charge in [-0.3, -0.25) is 9.59 Å². The van der Waals surface area contributed by atoms with Crippen molar-refractivity contribution in [2.45, 2.75) is 25.7 Å². The summed E-state index contributed by atoms with van der Waals surface area (Å²) in [7, 11) is 0. The lowest BCUT2D eigenvalue weighted by molar-refractivity contribution is -0.121. The number of nitrogens with zero attached hydrogens (tertiary/aromatic N) is 1. The lowest BCUT2D eigenvalue weighted by Crippen LogP contribution is -2.28. The molecule has 0 unspecified atom stereocenters. The monoisotopic (exact) mass is 395 g/mol. The number of nitrogens with one attached hydrogen (secondary N) is 2. The Morgan fingerprint density at radius 1 is 1.11 bits per heavy atom. The van der Waals surface area contributed by atoms with E-state index in [1.54, 1.807) is 6.92 Å². The maximum Gasteiger partial charge on any atom is 0.251 e. The average Bonchev–Trinajstić information content (AvgIpc) is 2.66. The first-order valence-corrected chi connectivity index (χ1v) is 9.53. The van der Waals surface area contributed by atoms with Crippen LogP contribution in [0.1, 0.15) is 35.0 Å². The molecule has 3 aromatic rings. The Morgan fingerprint density at radius 3 is 2.57 bits per heavy atom. The minimum Gasteiger partial charge on any atom is -0.356 e. The molecule has 28 heavy (non-hydrogen) atoms. The van der Waals surface area contributed by atoms with Crippen molar-refractivity contribution < 1.29 is 4.79 Å². The summed E-state index contributed by atoms with van der Waals surface area (Å²) in [5.74, 6) is 0.417. The van der Waals surface area contributed by atoms with E-state index < -0.39 is 0 Å². The second kappa shape index (κ2) is 9.33. The van der Waals surface area contributed by atoms with Crippen LogP contribution < -0.4 is 10.9 Å². The standard InChI is InChI=1S/C22H22ClN3O2/c1-15-12-22(28)26-20(25-15)10-11-24-21(27)14-19(16-6-3-2-4-7-16)17-8-5-9-18(23)13-17/h2-9,12-13,19H,10-11,14H2,1H3,(H,24,27)(H,25,26,28)/t19-/m0/s1. The molecule has 0 aliphatic carbocycles. The molecular formula is C22H22ClN3O2. The minimum atomic E-state index is -0.182. The normalized spacial score (nSPS) is 11.8. The van der Waals surface area contributed by atoms with Crippen LogP contribution >= 0.6 is 11.6 Å². The number of rotatable bonds is 7. The molecule has 0 bridgehead atoms. The molecule has 6 heteroatoms. The van der Waals surface area contributed by atoms with Gasteiger partial charge in [0.1, 0.15) is 5.82 Å². The van der Waals surface area contributed by atoms with E-state index in [1.807, 2.05) is 54.6 Å². The zero-order chi connectivity index (χ0) is 19.9. The average molecular weight is 396 g/mol. The van der Waals surface area contributed by atoms with Gasteiger partial charge in [-0.1, -0.05) is 54.1 Å². The van der Waals surface area contributed by atoms with Crippen LogP contribution in [0.2, 0.25) is 5.02 Å². The van der Waals surface area contributed by atoms with Crippen molar-refractivity contribution in [2.24, 2.45) is 0 Å². The fourth-order valence-electron chi connectivity index (χ4n) is 3.17. The fraction of sp³-hybridized carbons (Fsp3) is 0.227. The van der Waals surface area contributed by atoms with Crippen LogP contribution in [0.25, 0.3) is 0 Å². The molecule has 3 rings (SSSR count). The third-order valence-electron chi connectivity index (χ3n) is 4.45. The van der Waals surface area contributed by atoms with Gasteiger partial charge in [0.2, 0.25) is 5.91 Å². The lowest BCUT2D eigenvalue weighted by Gasteiger charge is -2.18. The molecule has 2 aromatic carbocycles. The Bertz CT molecular complexity index is 1000. The van der Waals surface area contributed by atoms with Crippen LogP contribution in [0.4, 0.5) is 0 Å². The van der Waals surface area contributed by atoms with E-state index >= 15 is 0 Å². The van der Waals surface area contributed by atoms with E-state index in [0.29, 0.717) is 35.9 Å². The zero-order valence-corrected chi connectivity index (χ0v) is 16.4. The zero-order valence-electron chi connectivity index (χ0n) is 15.6. The van der Waals surface area contributed by atoms with E-state index in [9.17, 15) is 9.59 Å². The second-order valence-electron chi connectivity index (χ2n) is 6.66. The Labute approximate surface area is 168 Å². The van der Waals surface area contributed by atoms with Crippen LogP contribution in [0.5, 0.6) is 0 Å². The molecule has 144 valence electrons. The molecule has 0 saturated heterocycles. The molecule has 1 amide bonds. The Balaban J connectivity index is 1.67. The third kappa shape index (κ3) is 5.54. The number of hydrogen-bond donors (Lipinski definition) is 2. The van der Waals surface area contributed by atoms with Crippen molar-refractivity contribution in [3.63, 3.8) is 0 Å². The summed E-state index contributed by atoms with van der Waals surface area (Å²) in [5, 5.41) is 3.57. The summed E-state index contributed by atoms with van der Waals surface area (Å²) in [5.41, 5.74) is 2.54. The second-order valence-corrected chi connectivity index (χ2v) is 7.09. The molecule has 0 aliphatic rings. The number of carbonyl (C=O) groups is 1. The molecule has 0 saturated carbocycles. The summed E-state index contributed by atoms with van der Waals surface area (Å²) < 4.78 is 0. The maximum atomic E-state index is 12.6. The van der Waals surface area contributed by atoms with E-state index in [-0.39, 0.29) is 17.4 Å². The third-order valence-corrected chi connectivity index (χ3v) is 4.68. The van der Waals surface area contributed by atoms with E-state index in [1.165, 1.54) is 6.07 Å². The Morgan fingerprint density at radius 2 is 1.86 bits per heavy atom. The lowest BCUT2D eigenvalue weighted by atomic mass is 9.88. The quantitative estimate of drug-likeness (QED) is 0.641. The smallest absolute Gasteiger partial charge is 0.251 e. The molecule has 1 aromatic heterocycles. The molecule has 1 atom stereocenters. The summed E-state index contributed by atoms with van der Waals surface area (Å²) >= 11 is 6.15. The largest absolute Gasteiger partial charge is 0.356 e. The van der Waals surface area contributed by atoms with Crippen LogP contribution in [0, 0.1) is 6.92 Å². The van der Waals surface area contributed by atoms with Crippen molar-refractivity contribution >= 4 is 17.5 Å². The first kappa shape index (κ1) is 19.8. The van der Waals surface area contributed by atoms with Crippen LogP contribution in [0.3, 0.4) is 0 Å². The van der Waals surface area contributed by atoms with Crippen molar-refractivity contribution in [1.82, 2.24) is 15.3 Å². The SMILES string of the molecule is Cc1cc(=O)[nH]c(CCNC(=O)C[C@@H](c2ccccc2)c2cccc(Cl)c2)n1. The van der Waals surface area contributed by atoms with Crippen molar-refractivity contribution in [3.8, 4) is 0 Å². The molecule has 0 aliphatic heterocycles. The van der Waals surface area contributed by atoms with Gasteiger partial charge in [-0.15, -0.1) is 0 Å². The first-order valence-electron chi connectivity index (χ1n) is 9.15. The van der Waals surface area contributed by atoms with E-state index in [4.69, 9.17) is 11.6 Å². The predicted octanol–water partition coefficient (Wildman–Crippen LogP) is 3.61. The van der Waals surface area contributed by atoms with Gasteiger partial charge in [0.15, 0.2) is 0 Å². The van der Waals surface area contributed by atoms with Gasteiger partial charge < -0.3 is 10.3 Å². The summed E-state index contributed by atoms with van der Waals surface area (Å²) in [4.78, 5) is 31.0. The molecule has 0 spiro atoms. The van der Waals surface area contributed by atoms with Gasteiger partial charge in [-0.25, -0.2) is 4.98 Å². The molecule has 1 heterocycles. The minimum absolute atomic E-state index is 0.0659. The molecule has 0 fully saturated rings. The van der Waals surface area contributed by atoms with Gasteiger partial charge in [-0.2, -0.15) is 0 Å². The molecular weight excluding hydrogens is 374 g/mol. The number of benzene rings is 2. The Hall–Kier alpha value is -2.92. The summed E-state index contributed by atoms with van der Waals surface area (Å²) in [6.45, 7) is 2.18. The maximum absolute atomic E-state index is 12.6. The van der Waals surface area contributed by atoms with E-state index in [2.05, 4.69) is 15.3 Å². The highest BCUT2D eigenvalue weighted by atomic mass is 35.5. The van der Waals surface area contributed by atoms with Crippen LogP contribution in [-0.2, 0) is 11.2 Å². The number of H-pyrrole nitrogens is 1. The highest BCUT2D eigenvalue weighted by Gasteiger charge is 2.18. The van der Waals surface area contributed by atoms with Gasteiger partial charge in [0, 0.05) is 42.1 Å². The highest BCUT2D eigenvalue weighted by Crippen LogP contribution is 2.29. The van der Waals surface area contributed by atoms with Gasteiger partial charge in [0.25, 0.3) is 5.56 Å². The fourth-order valence-corrected chi connectivity index (χ4v) is 3.37. The predicted molar refractivity (Wildman–Crippen MR) is 111 cm³/mol. The number of aryl methyl sites for hydroxylation is 1. The molecule has 2 N–H and O–H groups in total. The van der Waals surface area contributed by atoms with Crippen molar-refractivity contribution in [1.29, 1.82) is 0 Å².